The van der Waals surface area contributed by atoms with Crippen molar-refractivity contribution in [1.82, 2.24) is 4.90 Å². The number of carbonyl (C=O) groups is 1. The zero-order valence-electron chi connectivity index (χ0n) is 17.4. The number of thioether (sulfide) groups is 1. The zero-order chi connectivity index (χ0) is 21.9. The van der Waals surface area contributed by atoms with E-state index in [0.717, 1.165) is 31.6 Å². The van der Waals surface area contributed by atoms with E-state index in [-0.39, 0.29) is 18.3 Å². The fourth-order valence-electron chi connectivity index (χ4n) is 3.88. The van der Waals surface area contributed by atoms with Gasteiger partial charge in [-0.05, 0) is 72.6 Å². The third kappa shape index (κ3) is 4.34. The van der Waals surface area contributed by atoms with E-state index in [1.807, 2.05) is 42.5 Å². The van der Waals surface area contributed by atoms with Crippen LogP contribution >= 0.6 is 11.8 Å². The summed E-state index contributed by atoms with van der Waals surface area (Å²) in [5, 5.41) is 0.568. The molecule has 3 heterocycles. The molecule has 2 aromatic carbocycles. The van der Waals surface area contributed by atoms with E-state index >= 15 is 0 Å². The summed E-state index contributed by atoms with van der Waals surface area (Å²) in [4.78, 5) is 22.0. The van der Waals surface area contributed by atoms with Crippen molar-refractivity contribution in [2.24, 2.45) is 4.99 Å². The fourth-order valence-corrected chi connectivity index (χ4v) is 4.88. The molecule has 0 aliphatic carbocycles. The minimum Gasteiger partial charge on any atom is -0.467 e. The molecule has 0 saturated carbocycles. The van der Waals surface area contributed by atoms with Gasteiger partial charge in [0.1, 0.15) is 11.6 Å². The number of amides is 1. The number of rotatable bonds is 5. The maximum Gasteiger partial charge on any atom is 0.267 e. The van der Waals surface area contributed by atoms with Crippen LogP contribution in [0.1, 0.15) is 24.2 Å². The number of furan rings is 1. The lowest BCUT2D eigenvalue weighted by Crippen LogP contribution is -2.28. The molecule has 3 aromatic rings. The standard InChI is InChI=1S/C25H22FN3O2S/c26-21-15-18(10-11-22(21)28-12-4-5-13-28)16-23-24(30)29(17-20-9-6-14-31-20)25(32-23)27-19-7-2-1-3-8-19/h1-3,6-11,14-16H,4-5,12-13,17H2/b23-16-,27-25?. The molecule has 0 bridgehead atoms. The van der Waals surface area contributed by atoms with E-state index in [1.165, 1.54) is 17.8 Å². The highest BCUT2D eigenvalue weighted by Gasteiger charge is 2.34. The number of hydrogen-bond donors (Lipinski definition) is 0. The highest BCUT2D eigenvalue weighted by atomic mass is 32.2. The first kappa shape index (κ1) is 20.6. The number of nitrogens with zero attached hydrogens (tertiary/aromatic N) is 3. The Morgan fingerprint density at radius 1 is 1.06 bits per heavy atom. The van der Waals surface area contributed by atoms with Gasteiger partial charge < -0.3 is 9.32 Å². The first-order valence-electron chi connectivity index (χ1n) is 10.6. The van der Waals surface area contributed by atoms with Gasteiger partial charge in [-0.2, -0.15) is 0 Å². The summed E-state index contributed by atoms with van der Waals surface area (Å²) in [6.07, 6.45) is 5.49. The number of carbonyl (C=O) groups excluding carboxylic acids is 1. The maximum absolute atomic E-state index is 14.8. The van der Waals surface area contributed by atoms with Crippen LogP contribution in [0.15, 0.2) is 81.2 Å². The van der Waals surface area contributed by atoms with E-state index in [0.29, 0.717) is 27.1 Å². The number of para-hydroxylation sites is 1. The summed E-state index contributed by atoms with van der Waals surface area (Å²) in [6.45, 7) is 2.05. The molecule has 0 unspecified atom stereocenters. The molecule has 162 valence electrons. The molecule has 2 aliphatic rings. The second-order valence-corrected chi connectivity index (χ2v) is 8.73. The lowest BCUT2D eigenvalue weighted by atomic mass is 10.1. The highest BCUT2D eigenvalue weighted by molar-refractivity contribution is 8.18. The molecule has 1 amide bonds. The molecule has 0 N–H and O–H groups in total. The Hall–Kier alpha value is -3.32. The molecule has 1 aromatic heterocycles. The van der Waals surface area contributed by atoms with Crippen molar-refractivity contribution in [3.05, 3.63) is 89.0 Å². The Balaban J connectivity index is 1.45. The van der Waals surface area contributed by atoms with Crippen LogP contribution in [0.2, 0.25) is 0 Å². The van der Waals surface area contributed by atoms with E-state index < -0.39 is 0 Å². The highest BCUT2D eigenvalue weighted by Crippen LogP contribution is 2.36. The van der Waals surface area contributed by atoms with Crippen LogP contribution in [0.3, 0.4) is 0 Å². The van der Waals surface area contributed by atoms with Crippen molar-refractivity contribution < 1.29 is 13.6 Å². The molecule has 7 heteroatoms. The average Bonchev–Trinajstić information content (AvgIpc) is 3.55. The summed E-state index contributed by atoms with van der Waals surface area (Å²) < 4.78 is 20.2. The van der Waals surface area contributed by atoms with Crippen LogP contribution in [0.25, 0.3) is 6.08 Å². The van der Waals surface area contributed by atoms with Gasteiger partial charge in [-0.25, -0.2) is 9.38 Å². The predicted octanol–water partition coefficient (Wildman–Crippen LogP) is 5.82. The number of benzene rings is 2. The summed E-state index contributed by atoms with van der Waals surface area (Å²) in [7, 11) is 0. The van der Waals surface area contributed by atoms with Gasteiger partial charge in [0.05, 0.1) is 29.1 Å². The number of halogens is 1. The Labute approximate surface area is 190 Å². The Bertz CT molecular complexity index is 1170. The van der Waals surface area contributed by atoms with Crippen molar-refractivity contribution in [3.63, 3.8) is 0 Å². The zero-order valence-corrected chi connectivity index (χ0v) is 18.2. The number of amidine groups is 1. The van der Waals surface area contributed by atoms with Crippen LogP contribution in [0.5, 0.6) is 0 Å². The van der Waals surface area contributed by atoms with Crippen molar-refractivity contribution in [2.45, 2.75) is 19.4 Å². The number of anilines is 1. The molecule has 32 heavy (non-hydrogen) atoms. The predicted molar refractivity (Wildman–Crippen MR) is 126 cm³/mol. The third-order valence-electron chi connectivity index (χ3n) is 5.48. The van der Waals surface area contributed by atoms with Crippen LogP contribution in [-0.4, -0.2) is 29.1 Å². The minimum atomic E-state index is -0.262. The van der Waals surface area contributed by atoms with E-state index in [9.17, 15) is 9.18 Å². The van der Waals surface area contributed by atoms with Gasteiger partial charge in [0, 0.05) is 13.1 Å². The van der Waals surface area contributed by atoms with E-state index in [4.69, 9.17) is 4.42 Å². The summed E-state index contributed by atoms with van der Waals surface area (Å²) >= 11 is 1.29. The largest absolute Gasteiger partial charge is 0.467 e. The Morgan fingerprint density at radius 2 is 1.88 bits per heavy atom. The molecule has 2 aliphatic heterocycles. The van der Waals surface area contributed by atoms with Gasteiger partial charge in [0.15, 0.2) is 5.17 Å². The third-order valence-corrected chi connectivity index (χ3v) is 6.49. The molecule has 2 fully saturated rings. The quantitative estimate of drug-likeness (QED) is 0.462. The molecular formula is C25H22FN3O2S. The molecule has 2 saturated heterocycles. The second-order valence-electron chi connectivity index (χ2n) is 7.72. The van der Waals surface area contributed by atoms with Crippen molar-refractivity contribution in [2.75, 3.05) is 18.0 Å². The average molecular weight is 448 g/mol. The monoisotopic (exact) mass is 447 g/mol. The topological polar surface area (TPSA) is 49.1 Å². The normalized spacial score (nSPS) is 19.0. The SMILES string of the molecule is O=C1/C(=C/c2ccc(N3CCCC3)c(F)c2)SC(=Nc2ccccc2)N1Cc1ccco1. The Morgan fingerprint density at radius 3 is 2.59 bits per heavy atom. The first-order valence-corrected chi connectivity index (χ1v) is 11.4. The molecule has 5 rings (SSSR count). The summed E-state index contributed by atoms with van der Waals surface area (Å²) in [6, 6.07) is 18.3. The van der Waals surface area contributed by atoms with Gasteiger partial charge in [-0.3, -0.25) is 9.69 Å². The number of hydrogen-bond acceptors (Lipinski definition) is 5. The van der Waals surface area contributed by atoms with E-state index in [2.05, 4.69) is 9.89 Å². The van der Waals surface area contributed by atoms with Crippen molar-refractivity contribution in [1.29, 1.82) is 0 Å². The second kappa shape index (κ2) is 9.04. The molecule has 5 nitrogen and oxygen atoms in total. The fraction of sp³-hybridized carbons (Fsp3) is 0.200. The molecule has 0 spiro atoms. The lowest BCUT2D eigenvalue weighted by Gasteiger charge is -2.18. The first-order chi connectivity index (χ1) is 15.7. The smallest absolute Gasteiger partial charge is 0.267 e. The van der Waals surface area contributed by atoms with Gasteiger partial charge in [0.2, 0.25) is 0 Å². The van der Waals surface area contributed by atoms with Crippen molar-refractivity contribution in [3.8, 4) is 0 Å². The lowest BCUT2D eigenvalue weighted by molar-refractivity contribution is -0.122. The van der Waals surface area contributed by atoms with Gasteiger partial charge in [-0.15, -0.1) is 0 Å². The minimum absolute atomic E-state index is 0.176. The van der Waals surface area contributed by atoms with Crippen molar-refractivity contribution >= 4 is 40.3 Å². The molecular weight excluding hydrogens is 425 g/mol. The van der Waals surface area contributed by atoms with Crippen LogP contribution in [0.4, 0.5) is 15.8 Å². The summed E-state index contributed by atoms with van der Waals surface area (Å²) in [5.74, 6) is 0.231. The van der Waals surface area contributed by atoms with Gasteiger partial charge in [0.25, 0.3) is 5.91 Å². The van der Waals surface area contributed by atoms with Crippen LogP contribution < -0.4 is 4.90 Å². The van der Waals surface area contributed by atoms with Crippen LogP contribution in [-0.2, 0) is 11.3 Å². The van der Waals surface area contributed by atoms with E-state index in [1.54, 1.807) is 29.4 Å². The Kier molecular flexibility index (Phi) is 5.81. The summed E-state index contributed by atoms with van der Waals surface area (Å²) in [5.41, 5.74) is 2.04. The molecule has 0 atom stereocenters. The maximum atomic E-state index is 14.8. The van der Waals surface area contributed by atoms with Gasteiger partial charge in [-0.1, -0.05) is 24.3 Å². The van der Waals surface area contributed by atoms with Crippen LogP contribution in [0, 0.1) is 5.82 Å². The van der Waals surface area contributed by atoms with Gasteiger partial charge >= 0.3 is 0 Å². The molecule has 0 radical (unpaired) electrons. The number of aliphatic imine (C=N–C) groups is 1.